The van der Waals surface area contributed by atoms with Gasteiger partial charge in [0.05, 0.1) is 0 Å². The molecule has 206 valence electrons. The molecular formula is C36H35NO3Sn. The van der Waals surface area contributed by atoms with E-state index in [-0.39, 0.29) is 17.9 Å². The number of hydrogen-bond acceptors (Lipinski definition) is 3. The zero-order valence-corrected chi connectivity index (χ0v) is 26.6. The Balaban J connectivity index is 1.51. The molecule has 0 aromatic heterocycles. The van der Waals surface area contributed by atoms with E-state index in [0.717, 1.165) is 22.6 Å². The molecule has 4 nitrogen and oxygen atoms in total. The van der Waals surface area contributed by atoms with Gasteiger partial charge >= 0.3 is 248 Å². The molecule has 1 saturated heterocycles. The molecule has 1 aliphatic heterocycles. The fraction of sp³-hybridized carbons (Fsp3) is 0.194. The van der Waals surface area contributed by atoms with Gasteiger partial charge in [0.15, 0.2) is 0 Å². The van der Waals surface area contributed by atoms with E-state index in [1.807, 2.05) is 31.2 Å². The molecule has 1 aliphatic carbocycles. The maximum atomic E-state index is 13.7. The van der Waals surface area contributed by atoms with Crippen LogP contribution in [0.5, 0.6) is 5.75 Å². The van der Waals surface area contributed by atoms with Crippen molar-refractivity contribution in [1.82, 2.24) is 0 Å². The van der Waals surface area contributed by atoms with Gasteiger partial charge in [0.25, 0.3) is 0 Å². The van der Waals surface area contributed by atoms with Crippen LogP contribution in [-0.4, -0.2) is 48.6 Å². The van der Waals surface area contributed by atoms with Gasteiger partial charge < -0.3 is 0 Å². The van der Waals surface area contributed by atoms with E-state index in [0.29, 0.717) is 6.42 Å². The molecular weight excluding hydrogens is 613 g/mol. The monoisotopic (exact) mass is 649 g/mol. The SMILES string of the molecule is COc1ccc(N2C(=O)[C@H]3C/C(=[CH]\[Sn]([c]4ccccc4)([c]4ccccc4)[c]4ccccc4)C(C)=C(C)[C@@H](O)[C@H]32)cc1. The van der Waals surface area contributed by atoms with Crippen LogP contribution in [0.1, 0.15) is 20.3 Å². The van der Waals surface area contributed by atoms with Crippen LogP contribution in [-0.2, 0) is 4.79 Å². The Bertz CT molecular complexity index is 1500. The van der Waals surface area contributed by atoms with Gasteiger partial charge in [0, 0.05) is 0 Å². The molecule has 2 aliphatic rings. The number of carbonyl (C=O) groups is 1. The van der Waals surface area contributed by atoms with Gasteiger partial charge in [-0.05, 0) is 0 Å². The number of benzene rings is 4. The van der Waals surface area contributed by atoms with Gasteiger partial charge in [-0.2, -0.15) is 0 Å². The molecule has 4 aromatic rings. The van der Waals surface area contributed by atoms with E-state index >= 15 is 0 Å². The van der Waals surface area contributed by atoms with Crippen LogP contribution in [0.15, 0.2) is 136 Å². The molecule has 3 atom stereocenters. The topological polar surface area (TPSA) is 49.8 Å². The molecule has 4 aromatic carbocycles. The Morgan fingerprint density at radius 1 is 0.780 bits per heavy atom. The summed E-state index contributed by atoms with van der Waals surface area (Å²) >= 11 is -3.76. The number of aliphatic hydroxyl groups excluding tert-OH is 1. The Morgan fingerprint density at radius 2 is 1.27 bits per heavy atom. The van der Waals surface area contributed by atoms with Gasteiger partial charge in [-0.1, -0.05) is 0 Å². The van der Waals surface area contributed by atoms with Gasteiger partial charge in [-0.3, -0.25) is 0 Å². The molecule has 5 heteroatoms. The number of aliphatic hydroxyl groups is 1. The van der Waals surface area contributed by atoms with E-state index < -0.39 is 24.5 Å². The Labute approximate surface area is 246 Å². The average Bonchev–Trinajstić information content (AvgIpc) is 3.11. The first-order valence-corrected chi connectivity index (χ1v) is 20.1. The number of amides is 1. The second-order valence-corrected chi connectivity index (χ2v) is 21.4. The van der Waals surface area contributed by atoms with Crippen LogP contribution >= 0.6 is 0 Å². The van der Waals surface area contributed by atoms with E-state index in [4.69, 9.17) is 4.74 Å². The van der Waals surface area contributed by atoms with Crippen molar-refractivity contribution in [2.45, 2.75) is 32.4 Å². The number of rotatable bonds is 6. The van der Waals surface area contributed by atoms with E-state index in [2.05, 4.69) is 102 Å². The number of anilines is 1. The molecule has 1 N–H and O–H groups in total. The van der Waals surface area contributed by atoms with Crippen molar-refractivity contribution in [2.75, 3.05) is 12.0 Å². The van der Waals surface area contributed by atoms with Crippen LogP contribution in [0.2, 0.25) is 0 Å². The number of carbonyl (C=O) groups excluding carboxylic acids is 1. The van der Waals surface area contributed by atoms with Crippen LogP contribution in [0, 0.1) is 5.92 Å². The third-order valence-electron chi connectivity index (χ3n) is 8.97. The predicted octanol–water partition coefficient (Wildman–Crippen LogP) is 4.76. The van der Waals surface area contributed by atoms with Crippen molar-refractivity contribution < 1.29 is 14.6 Å². The first-order chi connectivity index (χ1) is 20.0. The zero-order valence-electron chi connectivity index (χ0n) is 23.7. The third-order valence-corrected chi connectivity index (χ3v) is 21.9. The summed E-state index contributed by atoms with van der Waals surface area (Å²) in [6.07, 6.45) is -0.123. The Hall–Kier alpha value is -3.61. The summed E-state index contributed by atoms with van der Waals surface area (Å²) in [5.41, 5.74) is 4.01. The molecule has 0 radical (unpaired) electrons. The maximum absolute atomic E-state index is 13.7. The Morgan fingerprint density at radius 3 is 1.73 bits per heavy atom. The number of hydrogen-bond donors (Lipinski definition) is 1. The summed E-state index contributed by atoms with van der Waals surface area (Å²) in [5.74, 6) is 0.521. The minimum absolute atomic E-state index is 0.0625. The Kier molecular flexibility index (Phi) is 7.62. The number of β-lactam (4-membered cyclic amide) rings is 1. The van der Waals surface area contributed by atoms with Crippen molar-refractivity contribution in [3.63, 3.8) is 0 Å². The average molecular weight is 648 g/mol. The number of ether oxygens (including phenoxy) is 1. The van der Waals surface area contributed by atoms with Crippen LogP contribution in [0.3, 0.4) is 0 Å². The number of fused-ring (bicyclic) bond motifs is 1. The van der Waals surface area contributed by atoms with Gasteiger partial charge in [-0.15, -0.1) is 0 Å². The van der Waals surface area contributed by atoms with E-state index in [1.54, 1.807) is 12.0 Å². The van der Waals surface area contributed by atoms with Crippen LogP contribution in [0.25, 0.3) is 0 Å². The molecule has 0 spiro atoms. The minimum atomic E-state index is -3.76. The zero-order chi connectivity index (χ0) is 28.6. The fourth-order valence-electron chi connectivity index (χ4n) is 6.58. The van der Waals surface area contributed by atoms with Crippen molar-refractivity contribution >= 4 is 40.7 Å². The van der Waals surface area contributed by atoms with Crippen molar-refractivity contribution in [1.29, 1.82) is 0 Å². The number of allylic oxidation sites excluding steroid dienone is 2. The summed E-state index contributed by atoms with van der Waals surface area (Å²) in [6.45, 7) is 4.14. The van der Waals surface area contributed by atoms with Gasteiger partial charge in [0.1, 0.15) is 0 Å². The van der Waals surface area contributed by atoms with Crippen molar-refractivity contribution in [3.05, 3.63) is 136 Å². The van der Waals surface area contributed by atoms with Crippen molar-refractivity contribution in [2.24, 2.45) is 5.92 Å². The second kappa shape index (κ2) is 11.3. The molecule has 6 rings (SSSR count). The molecule has 0 bridgehead atoms. The summed E-state index contributed by atoms with van der Waals surface area (Å²) < 4.78 is 12.0. The standard InChI is InChI=1S/C18H20NO3.3C6H5.Sn/c1-10-9-15-16(17(20)12(3)11(10)2)19(18(15)21)13-5-7-14(22-4)8-6-13;3*1-2-4-6-5-3-1;/h1,5-8,15-17,20H,9H2,2-4H3;3*1-5H;/t15-,16-,17+;;;;/m0..../s1. The molecule has 1 fully saturated rings. The second-order valence-electron chi connectivity index (χ2n) is 11.0. The first-order valence-electron chi connectivity index (χ1n) is 14.2. The molecule has 1 amide bonds. The molecule has 41 heavy (non-hydrogen) atoms. The molecule has 1 heterocycles. The van der Waals surface area contributed by atoms with Crippen LogP contribution in [0.4, 0.5) is 5.69 Å². The van der Waals surface area contributed by atoms with Crippen molar-refractivity contribution in [3.8, 4) is 5.75 Å². The van der Waals surface area contributed by atoms with Gasteiger partial charge in [0.2, 0.25) is 0 Å². The predicted molar refractivity (Wildman–Crippen MR) is 169 cm³/mol. The first kappa shape index (κ1) is 27.6. The van der Waals surface area contributed by atoms with Gasteiger partial charge in [-0.25, -0.2) is 0 Å². The normalized spacial score (nSPS) is 21.8. The third kappa shape index (κ3) is 4.73. The summed E-state index contributed by atoms with van der Waals surface area (Å²) in [5, 5.41) is 11.6. The summed E-state index contributed by atoms with van der Waals surface area (Å²) in [4.78, 5) is 15.5. The molecule has 0 unspecified atom stereocenters. The number of nitrogens with zero attached hydrogens (tertiary/aromatic N) is 1. The quantitative estimate of drug-likeness (QED) is 0.243. The van der Waals surface area contributed by atoms with E-state index in [9.17, 15) is 9.90 Å². The molecule has 0 saturated carbocycles. The van der Waals surface area contributed by atoms with E-state index in [1.165, 1.54) is 16.3 Å². The summed E-state index contributed by atoms with van der Waals surface area (Å²) in [6, 6.07) is 39.9. The van der Waals surface area contributed by atoms with Crippen LogP contribution < -0.4 is 20.4 Å². The summed E-state index contributed by atoms with van der Waals surface area (Å²) in [7, 11) is 1.63. The number of methoxy groups -OCH3 is 1. The fourth-order valence-corrected chi connectivity index (χ4v) is 19.5.